The average Bonchev–Trinajstić information content (AvgIpc) is 3.17. The van der Waals surface area contributed by atoms with Crippen LogP contribution in [0.4, 0.5) is 5.82 Å². The van der Waals surface area contributed by atoms with E-state index in [1.807, 2.05) is 47.3 Å². The maximum atomic E-state index is 9.97. The second kappa shape index (κ2) is 7.42. The van der Waals surface area contributed by atoms with E-state index in [-0.39, 0.29) is 18.0 Å². The van der Waals surface area contributed by atoms with Crippen molar-refractivity contribution in [1.29, 1.82) is 0 Å². The van der Waals surface area contributed by atoms with Crippen molar-refractivity contribution in [2.24, 2.45) is 0 Å². The zero-order chi connectivity index (χ0) is 20.7. The summed E-state index contributed by atoms with van der Waals surface area (Å²) in [5, 5.41) is 15.5. The van der Waals surface area contributed by atoms with Crippen LogP contribution in [0.15, 0.2) is 60.8 Å². The summed E-state index contributed by atoms with van der Waals surface area (Å²) in [6.45, 7) is 5.63. The molecule has 0 amide bonds. The fourth-order valence-electron chi connectivity index (χ4n) is 4.02. The Morgan fingerprint density at radius 3 is 2.47 bits per heavy atom. The molecule has 2 aromatic carbocycles. The number of phenolic OH excluding ortho intramolecular Hbond substituents is 1. The first kappa shape index (κ1) is 18.6. The molecule has 0 saturated carbocycles. The fourth-order valence-corrected chi connectivity index (χ4v) is 4.02. The predicted octanol–water partition coefficient (Wildman–Crippen LogP) is 3.80. The van der Waals surface area contributed by atoms with Gasteiger partial charge in [-0.25, -0.2) is 14.6 Å². The Labute approximate surface area is 174 Å². The number of anilines is 1. The number of hydrogen-bond acceptors (Lipinski definition) is 6. The van der Waals surface area contributed by atoms with Crippen LogP contribution in [0.2, 0.25) is 0 Å². The molecular formula is C23H23N5O2. The molecule has 7 heteroatoms. The van der Waals surface area contributed by atoms with Gasteiger partial charge in [-0.3, -0.25) is 0 Å². The predicted molar refractivity (Wildman–Crippen MR) is 116 cm³/mol. The van der Waals surface area contributed by atoms with Gasteiger partial charge in [0.25, 0.3) is 0 Å². The van der Waals surface area contributed by atoms with Crippen molar-refractivity contribution < 1.29 is 9.84 Å². The van der Waals surface area contributed by atoms with Crippen LogP contribution in [-0.2, 0) is 4.74 Å². The monoisotopic (exact) mass is 401 g/mol. The Morgan fingerprint density at radius 2 is 1.73 bits per heavy atom. The van der Waals surface area contributed by atoms with Crippen LogP contribution in [0, 0.1) is 0 Å². The summed E-state index contributed by atoms with van der Waals surface area (Å²) in [6.07, 6.45) is 2.04. The normalized spacial score (nSPS) is 19.3. The van der Waals surface area contributed by atoms with Crippen LogP contribution in [0.3, 0.4) is 0 Å². The Kier molecular flexibility index (Phi) is 4.59. The Morgan fingerprint density at radius 1 is 0.967 bits per heavy atom. The van der Waals surface area contributed by atoms with Crippen molar-refractivity contribution in [2.45, 2.75) is 26.1 Å². The van der Waals surface area contributed by atoms with Crippen molar-refractivity contribution in [2.75, 3.05) is 18.0 Å². The molecule has 1 N–H and O–H groups in total. The standard InChI is InChI=1S/C23H23N5O2/c1-15-13-27(14-16(2)30-15)22-20-12-24-28(18-8-4-3-5-9-18)23(20)26-21(25-22)17-7-6-10-19(29)11-17/h3-12,15-16,29H,13-14H2,1-2H3/t15-,16+. The number of morpholine rings is 1. The molecule has 7 nitrogen and oxygen atoms in total. The maximum Gasteiger partial charge on any atom is 0.169 e. The number of benzene rings is 2. The average molecular weight is 401 g/mol. The molecule has 3 heterocycles. The third kappa shape index (κ3) is 3.37. The molecule has 0 spiro atoms. The van der Waals surface area contributed by atoms with E-state index in [0.29, 0.717) is 5.82 Å². The molecule has 0 bridgehead atoms. The lowest BCUT2D eigenvalue weighted by molar-refractivity contribution is -0.00536. The van der Waals surface area contributed by atoms with Crippen LogP contribution in [-0.4, -0.2) is 50.2 Å². The lowest BCUT2D eigenvalue weighted by atomic mass is 10.2. The fraction of sp³-hybridized carbons (Fsp3) is 0.261. The van der Waals surface area contributed by atoms with Crippen molar-refractivity contribution >= 4 is 16.9 Å². The Hall–Kier alpha value is -3.45. The number of phenols is 1. The number of ether oxygens (including phenoxy) is 1. The van der Waals surface area contributed by atoms with Gasteiger partial charge in [0.1, 0.15) is 11.6 Å². The first-order chi connectivity index (χ1) is 14.6. The highest BCUT2D eigenvalue weighted by Crippen LogP contribution is 2.31. The minimum atomic E-state index is 0.104. The largest absolute Gasteiger partial charge is 0.508 e. The van der Waals surface area contributed by atoms with Gasteiger partial charge >= 0.3 is 0 Å². The van der Waals surface area contributed by atoms with E-state index >= 15 is 0 Å². The second-order valence-corrected chi connectivity index (χ2v) is 7.71. The number of aromatic hydroxyl groups is 1. The number of fused-ring (bicyclic) bond motifs is 1. The molecular weight excluding hydrogens is 378 g/mol. The molecule has 1 aliphatic heterocycles. The highest BCUT2D eigenvalue weighted by Gasteiger charge is 2.26. The molecule has 0 unspecified atom stereocenters. The number of nitrogens with zero attached hydrogens (tertiary/aromatic N) is 5. The van der Waals surface area contributed by atoms with Gasteiger partial charge in [0.2, 0.25) is 0 Å². The smallest absolute Gasteiger partial charge is 0.169 e. The lowest BCUT2D eigenvalue weighted by Gasteiger charge is -2.36. The van der Waals surface area contributed by atoms with Crippen LogP contribution in [0.1, 0.15) is 13.8 Å². The van der Waals surface area contributed by atoms with Crippen molar-refractivity contribution in [3.8, 4) is 22.8 Å². The molecule has 1 aliphatic rings. The zero-order valence-corrected chi connectivity index (χ0v) is 16.9. The lowest BCUT2D eigenvalue weighted by Crippen LogP contribution is -2.46. The van der Waals surface area contributed by atoms with Gasteiger partial charge in [0.15, 0.2) is 11.5 Å². The SMILES string of the molecule is C[C@@H]1CN(c2nc(-c3cccc(O)c3)nc3c2cnn3-c2ccccc2)C[C@H](C)O1. The molecule has 1 fully saturated rings. The van der Waals surface area contributed by atoms with Crippen LogP contribution < -0.4 is 4.90 Å². The van der Waals surface area contributed by atoms with E-state index in [4.69, 9.17) is 14.7 Å². The summed E-state index contributed by atoms with van der Waals surface area (Å²) in [5.74, 6) is 1.57. The van der Waals surface area contributed by atoms with Crippen LogP contribution >= 0.6 is 0 Å². The number of para-hydroxylation sites is 1. The molecule has 152 valence electrons. The molecule has 5 rings (SSSR count). The Bertz CT molecular complexity index is 1180. The first-order valence-electron chi connectivity index (χ1n) is 10.1. The zero-order valence-electron chi connectivity index (χ0n) is 16.9. The van der Waals surface area contributed by atoms with Gasteiger partial charge in [-0.2, -0.15) is 5.10 Å². The molecule has 0 radical (unpaired) electrons. The van der Waals surface area contributed by atoms with Crippen molar-refractivity contribution in [3.63, 3.8) is 0 Å². The van der Waals surface area contributed by atoms with Gasteiger partial charge in [0, 0.05) is 18.7 Å². The highest BCUT2D eigenvalue weighted by atomic mass is 16.5. The second-order valence-electron chi connectivity index (χ2n) is 7.71. The summed E-state index contributed by atoms with van der Waals surface area (Å²) in [5.41, 5.74) is 2.42. The third-order valence-electron chi connectivity index (χ3n) is 5.23. The van der Waals surface area contributed by atoms with E-state index in [9.17, 15) is 5.11 Å². The van der Waals surface area contributed by atoms with Gasteiger partial charge in [-0.05, 0) is 38.1 Å². The Balaban J connectivity index is 1.73. The summed E-state index contributed by atoms with van der Waals surface area (Å²) in [7, 11) is 0. The van der Waals surface area contributed by atoms with E-state index in [2.05, 4.69) is 23.8 Å². The van der Waals surface area contributed by atoms with Crippen LogP contribution in [0.25, 0.3) is 28.1 Å². The van der Waals surface area contributed by atoms with E-state index in [1.165, 1.54) is 0 Å². The van der Waals surface area contributed by atoms with Gasteiger partial charge in [0.05, 0.1) is 29.5 Å². The number of aromatic nitrogens is 4. The minimum Gasteiger partial charge on any atom is -0.508 e. The van der Waals surface area contributed by atoms with Gasteiger partial charge < -0.3 is 14.7 Å². The molecule has 0 aliphatic carbocycles. The minimum absolute atomic E-state index is 0.104. The summed E-state index contributed by atoms with van der Waals surface area (Å²) >= 11 is 0. The van der Waals surface area contributed by atoms with E-state index < -0.39 is 0 Å². The van der Waals surface area contributed by atoms with Gasteiger partial charge in [-0.15, -0.1) is 0 Å². The summed E-state index contributed by atoms with van der Waals surface area (Å²) in [6, 6.07) is 17.0. The van der Waals surface area contributed by atoms with E-state index in [0.717, 1.165) is 41.2 Å². The third-order valence-corrected chi connectivity index (χ3v) is 5.23. The molecule has 2 aromatic heterocycles. The summed E-state index contributed by atoms with van der Waals surface area (Å²) < 4.78 is 7.75. The van der Waals surface area contributed by atoms with Crippen LogP contribution in [0.5, 0.6) is 5.75 Å². The molecule has 2 atom stereocenters. The quantitative estimate of drug-likeness (QED) is 0.563. The van der Waals surface area contributed by atoms with Crippen molar-refractivity contribution in [3.05, 3.63) is 60.8 Å². The number of rotatable bonds is 3. The topological polar surface area (TPSA) is 76.3 Å². The number of hydrogen-bond donors (Lipinski definition) is 1. The van der Waals surface area contributed by atoms with E-state index in [1.54, 1.807) is 18.2 Å². The molecule has 4 aromatic rings. The van der Waals surface area contributed by atoms with Gasteiger partial charge in [-0.1, -0.05) is 30.3 Å². The highest BCUT2D eigenvalue weighted by molar-refractivity contribution is 5.89. The first-order valence-corrected chi connectivity index (χ1v) is 10.1. The molecule has 30 heavy (non-hydrogen) atoms. The maximum absolute atomic E-state index is 9.97. The van der Waals surface area contributed by atoms with Crippen molar-refractivity contribution in [1.82, 2.24) is 19.7 Å². The molecule has 1 saturated heterocycles. The summed E-state index contributed by atoms with van der Waals surface area (Å²) in [4.78, 5) is 12.0.